The van der Waals surface area contributed by atoms with E-state index < -0.39 is 0 Å². The van der Waals surface area contributed by atoms with Crippen LogP contribution < -0.4 is 4.74 Å². The molecule has 150 valence electrons. The van der Waals surface area contributed by atoms with Gasteiger partial charge in [0.1, 0.15) is 5.75 Å². The number of carbonyl (C=O) groups is 2. The average Bonchev–Trinajstić information content (AvgIpc) is 3.47. The Morgan fingerprint density at radius 2 is 1.66 bits per heavy atom. The zero-order valence-electron chi connectivity index (χ0n) is 15.9. The summed E-state index contributed by atoms with van der Waals surface area (Å²) in [5, 5.41) is 2.36. The number of methoxy groups -OCH3 is 1. The number of hydrogen-bond donors (Lipinski definition) is 0. The Hall–Kier alpha value is -2.77. The van der Waals surface area contributed by atoms with Crippen molar-refractivity contribution in [1.82, 2.24) is 14.4 Å². The molecule has 3 aromatic rings. The molecule has 8 heteroatoms. The maximum atomic E-state index is 13.1. The van der Waals surface area contributed by atoms with Gasteiger partial charge in [-0.15, -0.1) is 11.3 Å². The molecule has 1 aromatic carbocycles. The summed E-state index contributed by atoms with van der Waals surface area (Å²) in [6, 6.07) is 10.9. The van der Waals surface area contributed by atoms with Gasteiger partial charge < -0.3 is 19.1 Å². The van der Waals surface area contributed by atoms with Gasteiger partial charge in [0.05, 0.1) is 28.3 Å². The molecule has 0 unspecified atom stereocenters. The molecule has 1 saturated heterocycles. The minimum atomic E-state index is -0.147. The third kappa shape index (κ3) is 3.88. The van der Waals surface area contributed by atoms with Crippen molar-refractivity contribution in [1.29, 1.82) is 0 Å². The lowest BCUT2D eigenvalue weighted by Gasteiger charge is -2.34. The summed E-state index contributed by atoms with van der Waals surface area (Å²) < 4.78 is 7.35. The summed E-state index contributed by atoms with van der Waals surface area (Å²) >= 11 is 7.89. The van der Waals surface area contributed by atoms with Crippen LogP contribution in [0.3, 0.4) is 0 Å². The lowest BCUT2D eigenvalue weighted by Crippen LogP contribution is -2.50. The highest BCUT2D eigenvalue weighted by Crippen LogP contribution is 2.31. The summed E-state index contributed by atoms with van der Waals surface area (Å²) in [6.45, 7) is 1.94. The van der Waals surface area contributed by atoms with E-state index in [4.69, 9.17) is 16.3 Å². The number of benzene rings is 1. The normalized spacial score (nSPS) is 14.1. The summed E-state index contributed by atoms with van der Waals surface area (Å²) in [4.78, 5) is 29.9. The second-order valence-corrected chi connectivity index (χ2v) is 8.01. The van der Waals surface area contributed by atoms with Crippen LogP contribution in [-0.4, -0.2) is 59.5 Å². The first-order valence-electron chi connectivity index (χ1n) is 9.21. The van der Waals surface area contributed by atoms with E-state index in [2.05, 4.69) is 0 Å². The Morgan fingerprint density at radius 1 is 1.00 bits per heavy atom. The van der Waals surface area contributed by atoms with Crippen LogP contribution in [0, 0.1) is 0 Å². The number of hydrogen-bond acceptors (Lipinski definition) is 4. The van der Waals surface area contributed by atoms with Crippen LogP contribution in [0.1, 0.15) is 20.0 Å². The van der Waals surface area contributed by atoms with Crippen LogP contribution in [0.4, 0.5) is 0 Å². The Labute approximate surface area is 177 Å². The molecule has 0 aliphatic carbocycles. The number of aromatic nitrogens is 1. The molecule has 1 aliphatic rings. The molecule has 0 N–H and O–H groups in total. The van der Waals surface area contributed by atoms with Crippen molar-refractivity contribution in [3.8, 4) is 11.4 Å². The summed E-state index contributed by atoms with van der Waals surface area (Å²) in [6.07, 6.45) is 3.76. The Bertz CT molecular complexity index is 1010. The van der Waals surface area contributed by atoms with E-state index in [1.807, 2.05) is 46.6 Å². The van der Waals surface area contributed by atoms with Gasteiger partial charge in [0, 0.05) is 44.6 Å². The Morgan fingerprint density at radius 3 is 2.24 bits per heavy atom. The van der Waals surface area contributed by atoms with Gasteiger partial charge in [-0.3, -0.25) is 9.59 Å². The van der Waals surface area contributed by atoms with E-state index >= 15 is 0 Å². The summed E-state index contributed by atoms with van der Waals surface area (Å²) in [5.74, 6) is 0.343. The van der Waals surface area contributed by atoms with Crippen LogP contribution in [0.5, 0.6) is 5.75 Å². The highest BCUT2D eigenvalue weighted by Gasteiger charge is 2.28. The number of piperazine rings is 1. The zero-order valence-corrected chi connectivity index (χ0v) is 17.4. The molecule has 2 aromatic heterocycles. The van der Waals surface area contributed by atoms with Gasteiger partial charge in [-0.05, 0) is 29.6 Å². The van der Waals surface area contributed by atoms with Crippen LogP contribution >= 0.6 is 22.9 Å². The van der Waals surface area contributed by atoms with Gasteiger partial charge in [0.15, 0.2) is 0 Å². The van der Waals surface area contributed by atoms with Crippen molar-refractivity contribution in [3.05, 3.63) is 69.6 Å². The Balaban J connectivity index is 1.50. The molecule has 0 radical (unpaired) electrons. The van der Waals surface area contributed by atoms with E-state index in [-0.39, 0.29) is 11.8 Å². The third-order valence-corrected chi connectivity index (χ3v) is 6.13. The summed E-state index contributed by atoms with van der Waals surface area (Å²) in [7, 11) is 1.54. The van der Waals surface area contributed by atoms with E-state index in [0.29, 0.717) is 42.5 Å². The first kappa shape index (κ1) is 19.5. The molecule has 4 rings (SSSR count). The van der Waals surface area contributed by atoms with Gasteiger partial charge in [-0.25, -0.2) is 0 Å². The van der Waals surface area contributed by atoms with Crippen molar-refractivity contribution >= 4 is 34.8 Å². The number of halogens is 1. The van der Waals surface area contributed by atoms with Crippen molar-refractivity contribution in [2.24, 2.45) is 0 Å². The number of nitrogens with zero attached hydrogens (tertiary/aromatic N) is 3. The van der Waals surface area contributed by atoms with E-state index in [0.717, 1.165) is 10.6 Å². The van der Waals surface area contributed by atoms with Crippen molar-refractivity contribution in [2.75, 3.05) is 33.3 Å². The SMILES string of the molecule is COc1cc(-n2cccc2)c(Cl)cc1C(=O)N1CCN(C(=O)c2cccs2)CC1. The number of ether oxygens (including phenoxy) is 1. The van der Waals surface area contributed by atoms with Gasteiger partial charge in [-0.2, -0.15) is 0 Å². The van der Waals surface area contributed by atoms with E-state index in [1.54, 1.807) is 21.9 Å². The topological polar surface area (TPSA) is 54.8 Å². The minimum Gasteiger partial charge on any atom is -0.496 e. The maximum absolute atomic E-state index is 13.1. The molecule has 6 nitrogen and oxygen atoms in total. The first-order valence-corrected chi connectivity index (χ1v) is 10.5. The third-order valence-electron chi connectivity index (χ3n) is 4.97. The van der Waals surface area contributed by atoms with Crippen LogP contribution in [-0.2, 0) is 0 Å². The molecule has 1 aliphatic heterocycles. The first-order chi connectivity index (χ1) is 14.1. The van der Waals surface area contributed by atoms with Gasteiger partial charge in [0.2, 0.25) is 0 Å². The standard InChI is InChI=1S/C21H20ClN3O3S/c1-28-18-14-17(23-6-2-3-7-23)16(22)13-15(18)20(26)24-8-10-25(11-9-24)21(27)19-5-4-12-29-19/h2-7,12-14H,8-11H2,1H3. The van der Waals surface area contributed by atoms with Crippen LogP contribution in [0.2, 0.25) is 5.02 Å². The number of rotatable bonds is 4. The predicted octanol–water partition coefficient (Wildman–Crippen LogP) is 3.80. The molecule has 0 atom stereocenters. The van der Waals surface area contributed by atoms with E-state index in [9.17, 15) is 9.59 Å². The molecule has 3 heterocycles. The fraction of sp³-hybridized carbons (Fsp3) is 0.238. The molecule has 2 amide bonds. The summed E-state index contributed by atoms with van der Waals surface area (Å²) in [5.41, 5.74) is 1.17. The average molecular weight is 430 g/mol. The fourth-order valence-electron chi connectivity index (χ4n) is 3.41. The molecule has 0 spiro atoms. The maximum Gasteiger partial charge on any atom is 0.264 e. The number of amides is 2. The van der Waals surface area contributed by atoms with Gasteiger partial charge >= 0.3 is 0 Å². The Kier molecular flexibility index (Phi) is 5.60. The predicted molar refractivity (Wildman–Crippen MR) is 113 cm³/mol. The molecular weight excluding hydrogens is 410 g/mol. The van der Waals surface area contributed by atoms with E-state index in [1.165, 1.54) is 18.4 Å². The second kappa shape index (κ2) is 8.31. The zero-order chi connectivity index (χ0) is 20.4. The smallest absolute Gasteiger partial charge is 0.264 e. The van der Waals surface area contributed by atoms with Crippen molar-refractivity contribution < 1.29 is 14.3 Å². The second-order valence-electron chi connectivity index (χ2n) is 6.66. The van der Waals surface area contributed by atoms with Crippen molar-refractivity contribution in [2.45, 2.75) is 0 Å². The molecule has 0 saturated carbocycles. The van der Waals surface area contributed by atoms with Gasteiger partial charge in [-0.1, -0.05) is 17.7 Å². The highest BCUT2D eigenvalue weighted by molar-refractivity contribution is 7.12. The highest BCUT2D eigenvalue weighted by atomic mass is 35.5. The van der Waals surface area contributed by atoms with Crippen molar-refractivity contribution in [3.63, 3.8) is 0 Å². The molecular formula is C21H20ClN3O3S. The quantitative estimate of drug-likeness (QED) is 0.633. The van der Waals surface area contributed by atoms with Crippen LogP contribution in [0.15, 0.2) is 54.2 Å². The molecule has 1 fully saturated rings. The largest absolute Gasteiger partial charge is 0.496 e. The monoisotopic (exact) mass is 429 g/mol. The lowest BCUT2D eigenvalue weighted by atomic mass is 10.1. The van der Waals surface area contributed by atoms with Crippen LogP contribution in [0.25, 0.3) is 5.69 Å². The number of carbonyl (C=O) groups excluding carboxylic acids is 2. The molecule has 29 heavy (non-hydrogen) atoms. The molecule has 0 bridgehead atoms. The lowest BCUT2D eigenvalue weighted by molar-refractivity contribution is 0.0536. The minimum absolute atomic E-state index is 0.0174. The number of thiophene rings is 1. The fourth-order valence-corrected chi connectivity index (χ4v) is 4.36. The van der Waals surface area contributed by atoms with Gasteiger partial charge in [0.25, 0.3) is 11.8 Å².